The van der Waals surface area contributed by atoms with Crippen LogP contribution in [0.1, 0.15) is 0 Å². The van der Waals surface area contributed by atoms with E-state index in [4.69, 9.17) is 11.6 Å². The molecule has 0 atom stereocenters. The fraction of sp³-hybridized carbons (Fsp3) is 0. The van der Waals surface area contributed by atoms with Gasteiger partial charge in [0.2, 0.25) is 0 Å². The van der Waals surface area contributed by atoms with Crippen LogP contribution < -0.4 is 5.56 Å². The SMILES string of the molecule is O=c1c2cnc3c(Cl)csc3c2[nH]n1-c1ccccc1. The van der Waals surface area contributed by atoms with Crippen molar-refractivity contribution >= 4 is 44.1 Å². The summed E-state index contributed by atoms with van der Waals surface area (Å²) >= 11 is 7.57. The van der Waals surface area contributed by atoms with E-state index in [1.165, 1.54) is 16.0 Å². The number of aromatic amines is 1. The quantitative estimate of drug-likeness (QED) is 0.584. The molecule has 0 radical (unpaired) electrons. The standard InChI is InChI=1S/C14H8ClN3OS/c15-10-7-20-13-11-9(6-16-12(10)13)14(19)18(17-11)8-4-2-1-3-5-8/h1-7,17H. The summed E-state index contributed by atoms with van der Waals surface area (Å²) in [7, 11) is 0. The van der Waals surface area contributed by atoms with Gasteiger partial charge < -0.3 is 0 Å². The van der Waals surface area contributed by atoms with Crippen LogP contribution in [0.15, 0.2) is 46.7 Å². The fourth-order valence-corrected chi connectivity index (χ4v) is 3.47. The molecule has 4 nitrogen and oxygen atoms in total. The number of hydrogen-bond donors (Lipinski definition) is 1. The lowest BCUT2D eigenvalue weighted by Crippen LogP contribution is -2.13. The first-order chi connectivity index (χ1) is 9.75. The number of fused-ring (bicyclic) bond motifs is 3. The molecule has 0 saturated carbocycles. The first-order valence-electron chi connectivity index (χ1n) is 5.97. The summed E-state index contributed by atoms with van der Waals surface area (Å²) in [5.74, 6) is 0. The second-order valence-corrected chi connectivity index (χ2v) is 5.68. The summed E-state index contributed by atoms with van der Waals surface area (Å²) in [4.78, 5) is 16.7. The van der Waals surface area contributed by atoms with Crippen LogP contribution in [0.25, 0.3) is 26.8 Å². The molecular weight excluding hydrogens is 294 g/mol. The molecule has 3 aromatic heterocycles. The maximum absolute atomic E-state index is 12.4. The van der Waals surface area contributed by atoms with Crippen LogP contribution >= 0.6 is 22.9 Å². The summed E-state index contributed by atoms with van der Waals surface area (Å²) in [5, 5.41) is 6.16. The number of halogens is 1. The van der Waals surface area contributed by atoms with Crippen LogP contribution in [0.5, 0.6) is 0 Å². The van der Waals surface area contributed by atoms with Gasteiger partial charge in [0.15, 0.2) is 0 Å². The average molecular weight is 302 g/mol. The molecule has 4 aromatic rings. The number of benzene rings is 1. The minimum absolute atomic E-state index is 0.106. The maximum Gasteiger partial charge on any atom is 0.280 e. The highest BCUT2D eigenvalue weighted by atomic mass is 35.5. The number of nitrogens with zero attached hydrogens (tertiary/aromatic N) is 2. The molecule has 0 aliphatic heterocycles. The number of pyridine rings is 1. The van der Waals surface area contributed by atoms with Crippen molar-refractivity contribution in [2.45, 2.75) is 0 Å². The topological polar surface area (TPSA) is 50.7 Å². The zero-order valence-electron chi connectivity index (χ0n) is 10.1. The Morgan fingerprint density at radius 1 is 1.25 bits per heavy atom. The van der Waals surface area contributed by atoms with E-state index in [2.05, 4.69) is 10.1 Å². The summed E-state index contributed by atoms with van der Waals surface area (Å²) in [6.07, 6.45) is 1.58. The minimum Gasteiger partial charge on any atom is -0.289 e. The normalized spacial score (nSPS) is 11.4. The summed E-state index contributed by atoms with van der Waals surface area (Å²) in [5.41, 5.74) is 2.20. The van der Waals surface area contributed by atoms with Crippen LogP contribution in [0.2, 0.25) is 5.02 Å². The summed E-state index contributed by atoms with van der Waals surface area (Å²) < 4.78 is 2.43. The average Bonchev–Trinajstić information content (AvgIpc) is 3.02. The molecule has 0 unspecified atom stereocenters. The van der Waals surface area contributed by atoms with Crippen LogP contribution in [-0.2, 0) is 0 Å². The maximum atomic E-state index is 12.4. The zero-order chi connectivity index (χ0) is 13.7. The smallest absolute Gasteiger partial charge is 0.280 e. The molecule has 0 fully saturated rings. The highest BCUT2D eigenvalue weighted by Crippen LogP contribution is 2.32. The number of aromatic nitrogens is 3. The molecule has 1 N–H and O–H groups in total. The largest absolute Gasteiger partial charge is 0.289 e. The number of hydrogen-bond acceptors (Lipinski definition) is 3. The van der Waals surface area contributed by atoms with Gasteiger partial charge in [0, 0.05) is 11.6 Å². The molecule has 0 amide bonds. The Bertz CT molecular complexity index is 984. The number of thiophene rings is 1. The van der Waals surface area contributed by atoms with Crippen LogP contribution in [-0.4, -0.2) is 14.8 Å². The first kappa shape index (κ1) is 11.7. The Balaban J connectivity index is 2.13. The Kier molecular flexibility index (Phi) is 2.45. The Morgan fingerprint density at radius 3 is 2.85 bits per heavy atom. The molecule has 0 saturated heterocycles. The van der Waals surface area contributed by atoms with E-state index < -0.39 is 0 Å². The first-order valence-corrected chi connectivity index (χ1v) is 7.23. The van der Waals surface area contributed by atoms with Gasteiger partial charge in [-0.1, -0.05) is 29.8 Å². The summed E-state index contributed by atoms with van der Waals surface area (Å²) in [6.45, 7) is 0. The van der Waals surface area contributed by atoms with Crippen molar-refractivity contribution in [2.24, 2.45) is 0 Å². The number of H-pyrrole nitrogens is 1. The zero-order valence-corrected chi connectivity index (χ0v) is 11.7. The minimum atomic E-state index is -0.106. The van der Waals surface area contributed by atoms with Crippen molar-refractivity contribution in [3.05, 3.63) is 57.3 Å². The van der Waals surface area contributed by atoms with Gasteiger partial charge in [-0.15, -0.1) is 11.3 Å². The predicted molar refractivity (Wildman–Crippen MR) is 82.1 cm³/mol. The second kappa shape index (κ2) is 4.19. The highest BCUT2D eigenvalue weighted by Gasteiger charge is 2.14. The molecule has 1 aromatic carbocycles. The Morgan fingerprint density at radius 2 is 2.05 bits per heavy atom. The lowest BCUT2D eigenvalue weighted by atomic mass is 10.3. The molecule has 3 heterocycles. The van der Waals surface area contributed by atoms with E-state index in [0.717, 1.165) is 21.4 Å². The summed E-state index contributed by atoms with van der Waals surface area (Å²) in [6, 6.07) is 9.45. The van der Waals surface area contributed by atoms with Gasteiger partial charge in [0.25, 0.3) is 5.56 Å². The molecule has 0 bridgehead atoms. The van der Waals surface area contributed by atoms with Gasteiger partial charge in [-0.05, 0) is 12.1 Å². The van der Waals surface area contributed by atoms with Gasteiger partial charge in [0.1, 0.15) is 5.52 Å². The Labute approximate surface area is 122 Å². The third kappa shape index (κ3) is 1.54. The van der Waals surface area contributed by atoms with Crippen molar-refractivity contribution in [2.75, 3.05) is 0 Å². The third-order valence-electron chi connectivity index (χ3n) is 3.21. The second-order valence-electron chi connectivity index (χ2n) is 4.40. The van der Waals surface area contributed by atoms with Gasteiger partial charge in [0.05, 0.1) is 26.3 Å². The Hall–Kier alpha value is -2.11. The molecule has 0 aliphatic rings. The number of rotatable bonds is 1. The van der Waals surface area contributed by atoms with Crippen LogP contribution in [0, 0.1) is 0 Å². The van der Waals surface area contributed by atoms with Gasteiger partial charge >= 0.3 is 0 Å². The fourth-order valence-electron chi connectivity index (χ4n) is 2.26. The van der Waals surface area contributed by atoms with E-state index in [1.54, 1.807) is 6.20 Å². The molecule has 98 valence electrons. The van der Waals surface area contributed by atoms with Gasteiger partial charge in [-0.2, -0.15) is 0 Å². The predicted octanol–water partition coefficient (Wildman–Crippen LogP) is 3.58. The van der Waals surface area contributed by atoms with E-state index in [9.17, 15) is 4.79 Å². The third-order valence-corrected chi connectivity index (χ3v) is 4.62. The van der Waals surface area contributed by atoms with E-state index in [-0.39, 0.29) is 5.56 Å². The van der Waals surface area contributed by atoms with Gasteiger partial charge in [-0.3, -0.25) is 14.9 Å². The van der Waals surface area contributed by atoms with Crippen molar-refractivity contribution in [3.8, 4) is 5.69 Å². The molecule has 6 heteroatoms. The molecular formula is C14H8ClN3OS. The van der Waals surface area contributed by atoms with Crippen LogP contribution in [0.4, 0.5) is 0 Å². The lowest BCUT2D eigenvalue weighted by Gasteiger charge is -1.99. The van der Waals surface area contributed by atoms with E-state index in [0.29, 0.717) is 10.4 Å². The molecule has 0 spiro atoms. The van der Waals surface area contributed by atoms with Crippen LogP contribution in [0.3, 0.4) is 0 Å². The molecule has 20 heavy (non-hydrogen) atoms. The highest BCUT2D eigenvalue weighted by molar-refractivity contribution is 7.18. The van der Waals surface area contributed by atoms with Crippen molar-refractivity contribution < 1.29 is 0 Å². The van der Waals surface area contributed by atoms with E-state index >= 15 is 0 Å². The van der Waals surface area contributed by atoms with Crippen molar-refractivity contribution in [1.29, 1.82) is 0 Å². The monoisotopic (exact) mass is 301 g/mol. The molecule has 0 aliphatic carbocycles. The van der Waals surface area contributed by atoms with E-state index in [1.807, 2.05) is 35.7 Å². The van der Waals surface area contributed by atoms with Crippen molar-refractivity contribution in [3.63, 3.8) is 0 Å². The molecule has 4 rings (SSSR count). The lowest BCUT2D eigenvalue weighted by molar-refractivity contribution is 0.865. The van der Waals surface area contributed by atoms with Crippen molar-refractivity contribution in [1.82, 2.24) is 14.8 Å². The number of para-hydroxylation sites is 1. The van der Waals surface area contributed by atoms with Gasteiger partial charge in [-0.25, -0.2) is 4.68 Å². The number of nitrogens with one attached hydrogen (secondary N) is 1.